The molecule has 15 heavy (non-hydrogen) atoms. The van der Waals surface area contributed by atoms with Crippen LogP contribution in [0.4, 0.5) is 0 Å². The van der Waals surface area contributed by atoms with E-state index >= 15 is 0 Å². The van der Waals surface area contributed by atoms with Crippen molar-refractivity contribution in [2.75, 3.05) is 7.11 Å². The Hall–Kier alpha value is -1.55. The minimum absolute atomic E-state index is 0.260. The highest BCUT2D eigenvalue weighted by atomic mass is 16.5. The molecular formula is C11H13NO3. The standard InChI is InChI=1S/C11H13NO3/c1-15-11(14)9-5-7-3-2-4-10(13)8(7)6-12-9/h2-4,9,12-13H,5-6H2,1H3. The Morgan fingerprint density at radius 2 is 2.40 bits per heavy atom. The zero-order valence-corrected chi connectivity index (χ0v) is 8.49. The second-order valence-corrected chi connectivity index (χ2v) is 3.58. The maximum atomic E-state index is 11.3. The number of hydrogen-bond donors (Lipinski definition) is 2. The third kappa shape index (κ3) is 1.80. The Balaban J connectivity index is 2.24. The van der Waals surface area contributed by atoms with Crippen LogP contribution >= 0.6 is 0 Å². The van der Waals surface area contributed by atoms with Crippen molar-refractivity contribution in [3.05, 3.63) is 29.3 Å². The van der Waals surface area contributed by atoms with E-state index < -0.39 is 0 Å². The van der Waals surface area contributed by atoms with Crippen LogP contribution < -0.4 is 5.32 Å². The van der Waals surface area contributed by atoms with Crippen LogP contribution in [-0.4, -0.2) is 24.2 Å². The van der Waals surface area contributed by atoms with E-state index in [1.54, 1.807) is 12.1 Å². The highest BCUT2D eigenvalue weighted by Gasteiger charge is 2.25. The summed E-state index contributed by atoms with van der Waals surface area (Å²) in [5.41, 5.74) is 1.88. The van der Waals surface area contributed by atoms with Gasteiger partial charge in [-0.25, -0.2) is 0 Å². The van der Waals surface area contributed by atoms with Gasteiger partial charge in [-0.2, -0.15) is 0 Å². The van der Waals surface area contributed by atoms with Crippen molar-refractivity contribution in [2.45, 2.75) is 19.0 Å². The van der Waals surface area contributed by atoms with Crippen molar-refractivity contribution in [3.63, 3.8) is 0 Å². The third-order valence-electron chi connectivity index (χ3n) is 2.68. The molecule has 1 heterocycles. The maximum Gasteiger partial charge on any atom is 0.323 e. The average molecular weight is 207 g/mol. The number of fused-ring (bicyclic) bond motifs is 1. The number of rotatable bonds is 1. The predicted octanol–water partition coefficient (Wildman–Crippen LogP) is 0.579. The lowest BCUT2D eigenvalue weighted by Gasteiger charge is -2.24. The zero-order valence-electron chi connectivity index (χ0n) is 8.49. The zero-order chi connectivity index (χ0) is 10.8. The molecule has 0 saturated heterocycles. The molecule has 80 valence electrons. The van der Waals surface area contributed by atoms with Crippen LogP contribution in [0.2, 0.25) is 0 Å². The summed E-state index contributed by atoms with van der Waals surface area (Å²) in [7, 11) is 1.38. The van der Waals surface area contributed by atoms with Gasteiger partial charge in [-0.3, -0.25) is 10.1 Å². The summed E-state index contributed by atoms with van der Waals surface area (Å²) in [5, 5.41) is 12.6. The van der Waals surface area contributed by atoms with Crippen LogP contribution in [0.3, 0.4) is 0 Å². The smallest absolute Gasteiger partial charge is 0.323 e. The van der Waals surface area contributed by atoms with Gasteiger partial charge in [0.15, 0.2) is 0 Å². The van der Waals surface area contributed by atoms with Crippen LogP contribution in [0, 0.1) is 0 Å². The molecule has 4 heteroatoms. The van der Waals surface area contributed by atoms with Gasteiger partial charge in [0, 0.05) is 12.1 Å². The van der Waals surface area contributed by atoms with Gasteiger partial charge in [-0.05, 0) is 18.1 Å². The number of carbonyl (C=O) groups excluding carboxylic acids is 1. The summed E-state index contributed by atoms with van der Waals surface area (Å²) < 4.78 is 4.67. The first-order chi connectivity index (χ1) is 7.22. The van der Waals surface area contributed by atoms with E-state index in [1.165, 1.54) is 7.11 Å². The number of carbonyl (C=O) groups is 1. The predicted molar refractivity (Wildman–Crippen MR) is 54.5 cm³/mol. The van der Waals surface area contributed by atoms with Crippen molar-refractivity contribution in [1.82, 2.24) is 5.32 Å². The van der Waals surface area contributed by atoms with E-state index in [-0.39, 0.29) is 17.8 Å². The van der Waals surface area contributed by atoms with Crippen LogP contribution in [0.1, 0.15) is 11.1 Å². The fraction of sp³-hybridized carbons (Fsp3) is 0.364. The highest BCUT2D eigenvalue weighted by molar-refractivity contribution is 5.76. The summed E-state index contributed by atoms with van der Waals surface area (Å²) in [6, 6.07) is 5.06. The van der Waals surface area contributed by atoms with Crippen molar-refractivity contribution < 1.29 is 14.6 Å². The molecule has 0 aromatic heterocycles. The number of benzene rings is 1. The molecule has 0 saturated carbocycles. The van der Waals surface area contributed by atoms with E-state index in [1.807, 2.05) is 6.07 Å². The molecule has 0 spiro atoms. The molecule has 1 unspecified atom stereocenters. The van der Waals surface area contributed by atoms with E-state index in [9.17, 15) is 9.90 Å². The van der Waals surface area contributed by atoms with Gasteiger partial charge in [0.05, 0.1) is 7.11 Å². The first kappa shape index (κ1) is 9.98. The lowest BCUT2D eigenvalue weighted by atomic mass is 9.95. The van der Waals surface area contributed by atoms with Gasteiger partial charge < -0.3 is 9.84 Å². The Kier molecular flexibility index (Phi) is 2.60. The average Bonchev–Trinajstić information content (AvgIpc) is 2.28. The number of ether oxygens (including phenoxy) is 1. The SMILES string of the molecule is COC(=O)C1Cc2cccc(O)c2CN1. The van der Waals surface area contributed by atoms with Crippen molar-refractivity contribution >= 4 is 5.97 Å². The van der Waals surface area contributed by atoms with E-state index in [4.69, 9.17) is 0 Å². The molecule has 1 aromatic rings. The summed E-state index contributed by atoms with van der Waals surface area (Å²) in [6.07, 6.45) is 0.566. The normalized spacial score (nSPS) is 19.4. The van der Waals surface area contributed by atoms with Crippen molar-refractivity contribution in [3.8, 4) is 5.75 Å². The molecule has 0 fully saturated rings. The molecule has 4 nitrogen and oxygen atoms in total. The topological polar surface area (TPSA) is 58.6 Å². The number of methoxy groups -OCH3 is 1. The van der Waals surface area contributed by atoms with Crippen LogP contribution in [0.15, 0.2) is 18.2 Å². The third-order valence-corrected chi connectivity index (χ3v) is 2.68. The van der Waals surface area contributed by atoms with Gasteiger partial charge in [0.2, 0.25) is 0 Å². The number of nitrogens with one attached hydrogen (secondary N) is 1. The Bertz CT molecular complexity index is 389. The molecule has 0 bridgehead atoms. The number of aromatic hydroxyl groups is 1. The molecule has 1 aliphatic rings. The number of phenols is 1. The van der Waals surface area contributed by atoms with Gasteiger partial charge in [0.25, 0.3) is 0 Å². The van der Waals surface area contributed by atoms with Gasteiger partial charge in [0.1, 0.15) is 11.8 Å². The second-order valence-electron chi connectivity index (χ2n) is 3.58. The molecule has 0 radical (unpaired) electrons. The molecule has 1 aromatic carbocycles. The first-order valence-electron chi connectivity index (χ1n) is 4.83. The second kappa shape index (κ2) is 3.90. The number of phenolic OH excluding ortho intramolecular Hbond substituents is 1. The lowest BCUT2D eigenvalue weighted by Crippen LogP contribution is -2.42. The molecule has 1 atom stereocenters. The summed E-state index contributed by atoms with van der Waals surface area (Å²) >= 11 is 0. The van der Waals surface area contributed by atoms with Crippen molar-refractivity contribution in [1.29, 1.82) is 0 Å². The fourth-order valence-corrected chi connectivity index (χ4v) is 1.84. The van der Waals surface area contributed by atoms with E-state index in [0.29, 0.717) is 13.0 Å². The molecule has 0 aliphatic carbocycles. The van der Waals surface area contributed by atoms with Gasteiger partial charge >= 0.3 is 5.97 Å². The number of esters is 1. The Labute approximate surface area is 87.9 Å². The summed E-state index contributed by atoms with van der Waals surface area (Å²) in [4.78, 5) is 11.3. The molecule has 2 N–H and O–H groups in total. The number of hydrogen-bond acceptors (Lipinski definition) is 4. The largest absolute Gasteiger partial charge is 0.508 e. The minimum atomic E-state index is -0.302. The highest BCUT2D eigenvalue weighted by Crippen LogP contribution is 2.25. The molecular weight excluding hydrogens is 194 g/mol. The van der Waals surface area contributed by atoms with Gasteiger partial charge in [-0.1, -0.05) is 12.1 Å². The van der Waals surface area contributed by atoms with E-state index in [0.717, 1.165) is 11.1 Å². The fourth-order valence-electron chi connectivity index (χ4n) is 1.84. The van der Waals surface area contributed by atoms with Gasteiger partial charge in [-0.15, -0.1) is 0 Å². The minimum Gasteiger partial charge on any atom is -0.508 e. The van der Waals surface area contributed by atoms with Crippen LogP contribution in [-0.2, 0) is 22.5 Å². The van der Waals surface area contributed by atoms with Crippen molar-refractivity contribution in [2.24, 2.45) is 0 Å². The molecule has 1 aliphatic heterocycles. The van der Waals surface area contributed by atoms with Crippen LogP contribution in [0.5, 0.6) is 5.75 Å². The summed E-state index contributed by atoms with van der Waals surface area (Å²) in [5.74, 6) is 0.0207. The quantitative estimate of drug-likeness (QED) is 0.661. The monoisotopic (exact) mass is 207 g/mol. The Morgan fingerprint density at radius 3 is 3.13 bits per heavy atom. The molecule has 0 amide bonds. The van der Waals surface area contributed by atoms with E-state index in [2.05, 4.69) is 10.1 Å². The summed E-state index contributed by atoms with van der Waals surface area (Å²) in [6.45, 7) is 0.502. The molecule has 2 rings (SSSR count). The Morgan fingerprint density at radius 1 is 1.60 bits per heavy atom. The van der Waals surface area contributed by atoms with Crippen LogP contribution in [0.25, 0.3) is 0 Å². The lowest BCUT2D eigenvalue weighted by molar-refractivity contribution is -0.143. The maximum absolute atomic E-state index is 11.3. The first-order valence-corrected chi connectivity index (χ1v) is 4.83.